The van der Waals surface area contributed by atoms with Gasteiger partial charge in [0.05, 0.1) is 12.7 Å². The van der Waals surface area contributed by atoms with Crippen molar-refractivity contribution in [3.63, 3.8) is 0 Å². The van der Waals surface area contributed by atoms with E-state index < -0.39 is 5.97 Å². The monoisotopic (exact) mass is 460 g/mol. The number of carbonyl (C=O) groups is 1. The van der Waals surface area contributed by atoms with Gasteiger partial charge in [-0.15, -0.1) is 11.3 Å². The predicted octanol–water partition coefficient (Wildman–Crippen LogP) is 6.08. The third kappa shape index (κ3) is 4.74. The van der Waals surface area contributed by atoms with E-state index in [1.165, 1.54) is 18.4 Å². The molecule has 2 aromatic carbocycles. The van der Waals surface area contributed by atoms with Gasteiger partial charge in [0.25, 0.3) is 0 Å². The fraction of sp³-hybridized carbons (Fsp3) is 0.100. The van der Waals surface area contributed by atoms with Crippen LogP contribution in [0.4, 0.5) is 10.7 Å². The van der Waals surface area contributed by atoms with Crippen LogP contribution in [0.1, 0.15) is 15.9 Å². The number of halogens is 1. The summed E-state index contributed by atoms with van der Waals surface area (Å²) in [5.74, 6) is -0.404. The van der Waals surface area contributed by atoms with Gasteiger partial charge in [-0.3, -0.25) is 0 Å². The van der Waals surface area contributed by atoms with Gasteiger partial charge < -0.3 is 15.4 Å². The summed E-state index contributed by atoms with van der Waals surface area (Å²) in [6, 6.07) is 17.6. The molecular formula is C20H17BrN2O2S2. The highest BCUT2D eigenvalue weighted by molar-refractivity contribution is 9.10. The molecule has 0 saturated heterocycles. The summed E-state index contributed by atoms with van der Waals surface area (Å²) >= 11 is 10.3. The molecule has 0 bridgehead atoms. The average Bonchev–Trinajstić information content (AvgIpc) is 3.08. The molecule has 0 radical (unpaired) electrons. The van der Waals surface area contributed by atoms with Gasteiger partial charge >= 0.3 is 5.97 Å². The molecule has 2 N–H and O–H groups in total. The maximum Gasteiger partial charge on any atom is 0.340 e. The fourth-order valence-electron chi connectivity index (χ4n) is 2.51. The van der Waals surface area contributed by atoms with E-state index in [2.05, 4.69) is 26.6 Å². The number of hydrogen-bond donors (Lipinski definition) is 2. The summed E-state index contributed by atoms with van der Waals surface area (Å²) in [4.78, 5) is 13.1. The number of carbonyl (C=O) groups excluding carboxylic acids is 1. The predicted molar refractivity (Wildman–Crippen MR) is 120 cm³/mol. The van der Waals surface area contributed by atoms with Crippen LogP contribution in [0, 0.1) is 6.92 Å². The number of thiophene rings is 1. The van der Waals surface area contributed by atoms with Crippen LogP contribution in [-0.4, -0.2) is 18.2 Å². The Balaban J connectivity index is 1.85. The van der Waals surface area contributed by atoms with Crippen LogP contribution < -0.4 is 10.6 Å². The topological polar surface area (TPSA) is 50.4 Å². The zero-order valence-corrected chi connectivity index (χ0v) is 17.9. The Hall–Kier alpha value is -2.22. The first kappa shape index (κ1) is 19.5. The van der Waals surface area contributed by atoms with Gasteiger partial charge in [0.15, 0.2) is 5.11 Å². The number of thiocarbonyl (C=S) groups is 1. The summed E-state index contributed by atoms with van der Waals surface area (Å²) in [6.45, 7) is 1.99. The van der Waals surface area contributed by atoms with Crippen molar-refractivity contribution in [2.24, 2.45) is 0 Å². The minimum Gasteiger partial charge on any atom is -0.465 e. The molecule has 27 heavy (non-hydrogen) atoms. The SMILES string of the molecule is COC(=O)c1cc(-c2ccccc2)sc1NC(=S)Nc1ccc(Br)cc1C. The second kappa shape index (κ2) is 8.65. The second-order valence-corrected chi connectivity index (χ2v) is 8.13. The Morgan fingerprint density at radius 3 is 2.52 bits per heavy atom. The van der Waals surface area contributed by atoms with E-state index in [9.17, 15) is 4.79 Å². The largest absolute Gasteiger partial charge is 0.465 e. The van der Waals surface area contributed by atoms with Gasteiger partial charge in [0.1, 0.15) is 5.00 Å². The maximum atomic E-state index is 12.2. The molecule has 4 nitrogen and oxygen atoms in total. The Kier molecular flexibility index (Phi) is 6.26. The summed E-state index contributed by atoms with van der Waals surface area (Å²) < 4.78 is 5.92. The van der Waals surface area contributed by atoms with Gasteiger partial charge in [-0.1, -0.05) is 46.3 Å². The third-order valence-corrected chi connectivity index (χ3v) is 5.66. The third-order valence-electron chi connectivity index (χ3n) is 3.86. The molecule has 1 aromatic heterocycles. The van der Waals surface area contributed by atoms with Crippen molar-refractivity contribution < 1.29 is 9.53 Å². The minimum atomic E-state index is -0.404. The van der Waals surface area contributed by atoms with Crippen LogP contribution in [-0.2, 0) is 4.74 Å². The molecule has 0 fully saturated rings. The van der Waals surface area contributed by atoms with E-state index in [1.807, 2.05) is 61.5 Å². The molecule has 0 aliphatic heterocycles. The highest BCUT2D eigenvalue weighted by Crippen LogP contribution is 2.36. The van der Waals surface area contributed by atoms with Gasteiger partial charge in [-0.2, -0.15) is 0 Å². The lowest BCUT2D eigenvalue weighted by Crippen LogP contribution is -2.20. The van der Waals surface area contributed by atoms with Crippen molar-refractivity contribution in [1.82, 2.24) is 0 Å². The Morgan fingerprint density at radius 2 is 1.85 bits per heavy atom. The van der Waals surface area contributed by atoms with Crippen LogP contribution >= 0.6 is 39.5 Å². The second-order valence-electron chi connectivity index (χ2n) is 5.75. The molecule has 138 valence electrons. The van der Waals surface area contributed by atoms with Crippen molar-refractivity contribution in [2.75, 3.05) is 17.7 Å². The number of benzene rings is 2. The lowest BCUT2D eigenvalue weighted by Gasteiger charge is -2.12. The molecule has 0 aliphatic rings. The van der Waals surface area contributed by atoms with Crippen molar-refractivity contribution in [1.29, 1.82) is 0 Å². The zero-order valence-electron chi connectivity index (χ0n) is 14.7. The van der Waals surface area contributed by atoms with Crippen LogP contribution in [0.2, 0.25) is 0 Å². The van der Waals surface area contributed by atoms with E-state index in [-0.39, 0.29) is 0 Å². The molecule has 1 heterocycles. The minimum absolute atomic E-state index is 0.404. The molecule has 0 saturated carbocycles. The zero-order chi connectivity index (χ0) is 19.4. The molecule has 3 rings (SSSR count). The quantitative estimate of drug-likeness (QED) is 0.364. The molecule has 0 atom stereocenters. The van der Waals surface area contributed by atoms with Gasteiger partial charge in [0.2, 0.25) is 0 Å². The number of rotatable bonds is 4. The summed E-state index contributed by atoms with van der Waals surface area (Å²) in [5, 5.41) is 7.36. The Labute approximate surface area is 175 Å². The summed E-state index contributed by atoms with van der Waals surface area (Å²) in [6.07, 6.45) is 0. The van der Waals surface area contributed by atoms with Gasteiger partial charge in [-0.05, 0) is 54.5 Å². The highest BCUT2D eigenvalue weighted by atomic mass is 79.9. The lowest BCUT2D eigenvalue weighted by atomic mass is 10.1. The normalized spacial score (nSPS) is 10.3. The highest BCUT2D eigenvalue weighted by Gasteiger charge is 2.18. The van der Waals surface area contributed by atoms with Crippen LogP contribution in [0.5, 0.6) is 0 Å². The lowest BCUT2D eigenvalue weighted by molar-refractivity contribution is 0.0602. The number of esters is 1. The number of nitrogens with one attached hydrogen (secondary N) is 2. The van der Waals surface area contributed by atoms with Crippen LogP contribution in [0.15, 0.2) is 59.1 Å². The van der Waals surface area contributed by atoms with Crippen molar-refractivity contribution in [3.05, 3.63) is 70.2 Å². The van der Waals surface area contributed by atoms with Crippen molar-refractivity contribution in [3.8, 4) is 10.4 Å². The molecule has 0 unspecified atom stereocenters. The van der Waals surface area contributed by atoms with E-state index in [4.69, 9.17) is 17.0 Å². The molecule has 0 spiro atoms. The van der Waals surface area contributed by atoms with E-state index in [0.717, 1.165) is 26.2 Å². The van der Waals surface area contributed by atoms with E-state index >= 15 is 0 Å². The fourth-order valence-corrected chi connectivity index (χ4v) is 4.32. The number of aryl methyl sites for hydroxylation is 1. The number of ether oxygens (including phenoxy) is 1. The van der Waals surface area contributed by atoms with Gasteiger partial charge in [-0.25, -0.2) is 4.79 Å². The first-order valence-corrected chi connectivity index (χ1v) is 10.1. The Morgan fingerprint density at radius 1 is 1.11 bits per heavy atom. The molecule has 0 aliphatic carbocycles. The summed E-state index contributed by atoms with van der Waals surface area (Å²) in [5.41, 5.74) is 3.44. The van der Waals surface area contributed by atoms with Crippen molar-refractivity contribution >= 4 is 61.3 Å². The first-order chi connectivity index (χ1) is 13.0. The molecule has 0 amide bonds. The number of hydrogen-bond acceptors (Lipinski definition) is 4. The van der Waals surface area contributed by atoms with Crippen molar-refractivity contribution in [2.45, 2.75) is 6.92 Å². The maximum absolute atomic E-state index is 12.2. The van der Waals surface area contributed by atoms with E-state index in [1.54, 1.807) is 0 Å². The van der Waals surface area contributed by atoms with Gasteiger partial charge in [0, 0.05) is 15.0 Å². The standard InChI is InChI=1S/C20H17BrN2O2S2/c1-12-10-14(21)8-9-16(12)22-20(26)23-18-15(19(24)25-2)11-17(27-18)13-6-4-3-5-7-13/h3-11H,1-2H3,(H2,22,23,26). The molecular weight excluding hydrogens is 444 g/mol. The smallest absolute Gasteiger partial charge is 0.340 e. The first-order valence-electron chi connectivity index (χ1n) is 8.09. The van der Waals surface area contributed by atoms with Crippen LogP contribution in [0.25, 0.3) is 10.4 Å². The summed E-state index contributed by atoms with van der Waals surface area (Å²) in [7, 11) is 1.37. The molecule has 7 heteroatoms. The molecule has 3 aromatic rings. The average molecular weight is 461 g/mol. The number of methoxy groups -OCH3 is 1. The van der Waals surface area contributed by atoms with Crippen LogP contribution in [0.3, 0.4) is 0 Å². The number of anilines is 2. The van der Waals surface area contributed by atoms with E-state index in [0.29, 0.717) is 15.7 Å². The Bertz CT molecular complexity index is 987.